The quantitative estimate of drug-likeness (QED) is 0.185. The Balaban J connectivity index is 1.40. The van der Waals surface area contributed by atoms with Gasteiger partial charge in [0.1, 0.15) is 0 Å². The van der Waals surface area contributed by atoms with Crippen molar-refractivity contribution in [2.75, 3.05) is 0 Å². The molecule has 1 aliphatic carbocycles. The van der Waals surface area contributed by atoms with Gasteiger partial charge in [-0.3, -0.25) is 0 Å². The number of aromatic nitrogens is 1. The van der Waals surface area contributed by atoms with Gasteiger partial charge in [-0.2, -0.15) is 0 Å². The molecule has 0 atom stereocenters. The minimum absolute atomic E-state index is 0.00369. The maximum absolute atomic E-state index is 2.52. The van der Waals surface area contributed by atoms with E-state index in [1.165, 1.54) is 90.1 Å². The van der Waals surface area contributed by atoms with Crippen molar-refractivity contribution in [1.82, 2.24) is 4.57 Å². The number of hydrogen-bond acceptors (Lipinski definition) is 2. The Morgan fingerprint density at radius 3 is 2.07 bits per heavy atom. The smallest absolute Gasteiger partial charge is 0.0556 e. The predicted octanol–water partition coefficient (Wildman–Crippen LogP) is 11.8. The molecule has 198 valence electrons. The molecule has 3 heteroatoms. The van der Waals surface area contributed by atoms with Crippen LogP contribution in [0.5, 0.6) is 0 Å². The molecule has 0 amide bonds. The van der Waals surface area contributed by atoms with E-state index in [1.54, 1.807) is 0 Å². The van der Waals surface area contributed by atoms with Crippen LogP contribution in [0.15, 0.2) is 115 Å². The zero-order valence-corrected chi connectivity index (χ0v) is 24.9. The van der Waals surface area contributed by atoms with Crippen molar-refractivity contribution >= 4 is 84.8 Å². The minimum atomic E-state index is -0.00369. The van der Waals surface area contributed by atoms with E-state index in [-0.39, 0.29) is 5.41 Å². The van der Waals surface area contributed by atoms with Gasteiger partial charge in [0.2, 0.25) is 0 Å². The second kappa shape index (κ2) is 7.89. The number of fused-ring (bicyclic) bond motifs is 14. The van der Waals surface area contributed by atoms with E-state index < -0.39 is 0 Å². The lowest BCUT2D eigenvalue weighted by molar-refractivity contribution is 0.660. The van der Waals surface area contributed by atoms with Gasteiger partial charge in [0.05, 0.1) is 11.0 Å². The molecule has 0 unspecified atom stereocenters. The molecule has 0 spiro atoms. The first-order valence-electron chi connectivity index (χ1n) is 14.5. The topological polar surface area (TPSA) is 4.93 Å². The average Bonchev–Trinajstić information content (AvgIpc) is 3.74. The molecule has 6 aromatic carbocycles. The van der Waals surface area contributed by atoms with E-state index in [1.807, 2.05) is 22.7 Å². The zero-order chi connectivity index (χ0) is 27.7. The number of benzene rings is 6. The molecule has 0 saturated heterocycles. The molecule has 0 fully saturated rings. The molecule has 10 rings (SSSR count). The summed E-state index contributed by atoms with van der Waals surface area (Å²) in [6, 6.07) is 43.3. The third-order valence-corrected chi connectivity index (χ3v) is 11.9. The summed E-state index contributed by atoms with van der Waals surface area (Å²) in [6.07, 6.45) is 0. The number of rotatable bonds is 1. The molecular formula is C39H25NS2. The molecule has 0 saturated carbocycles. The molecule has 0 aliphatic heterocycles. The molecule has 42 heavy (non-hydrogen) atoms. The lowest BCUT2D eigenvalue weighted by atomic mass is 9.82. The molecule has 9 aromatic rings. The summed E-state index contributed by atoms with van der Waals surface area (Å²) in [5, 5.41) is 8.18. The van der Waals surface area contributed by atoms with E-state index in [2.05, 4.69) is 134 Å². The van der Waals surface area contributed by atoms with E-state index >= 15 is 0 Å². The van der Waals surface area contributed by atoms with Crippen LogP contribution in [0.2, 0.25) is 0 Å². The van der Waals surface area contributed by atoms with E-state index in [0.717, 1.165) is 0 Å². The fraction of sp³-hybridized carbons (Fsp3) is 0.0769. The van der Waals surface area contributed by atoms with Crippen molar-refractivity contribution in [3.05, 3.63) is 126 Å². The number of hydrogen-bond donors (Lipinski definition) is 0. The summed E-state index contributed by atoms with van der Waals surface area (Å²) in [5.41, 5.74) is 9.31. The molecule has 0 bridgehead atoms. The van der Waals surface area contributed by atoms with E-state index in [4.69, 9.17) is 0 Å². The monoisotopic (exact) mass is 571 g/mol. The van der Waals surface area contributed by atoms with Gasteiger partial charge >= 0.3 is 0 Å². The van der Waals surface area contributed by atoms with Gasteiger partial charge < -0.3 is 4.57 Å². The third-order valence-electron chi connectivity index (χ3n) is 9.60. The Bertz CT molecular complexity index is 2610. The van der Waals surface area contributed by atoms with Crippen LogP contribution in [0.1, 0.15) is 25.0 Å². The van der Waals surface area contributed by atoms with Crippen LogP contribution >= 0.6 is 22.7 Å². The van der Waals surface area contributed by atoms with Crippen molar-refractivity contribution < 1.29 is 0 Å². The van der Waals surface area contributed by atoms with Gasteiger partial charge in [-0.15, -0.1) is 22.7 Å². The van der Waals surface area contributed by atoms with Crippen LogP contribution in [-0.4, -0.2) is 4.57 Å². The molecule has 0 N–H and O–H groups in total. The Morgan fingerprint density at radius 2 is 1.19 bits per heavy atom. The molecule has 1 nitrogen and oxygen atoms in total. The van der Waals surface area contributed by atoms with Crippen molar-refractivity contribution in [1.29, 1.82) is 0 Å². The first-order chi connectivity index (χ1) is 20.6. The van der Waals surface area contributed by atoms with Gasteiger partial charge in [-0.1, -0.05) is 86.6 Å². The maximum Gasteiger partial charge on any atom is 0.0556 e. The first-order valence-corrected chi connectivity index (χ1v) is 16.2. The Labute approximate surface area is 250 Å². The molecule has 0 radical (unpaired) electrons. The number of nitrogens with zero attached hydrogens (tertiary/aromatic N) is 1. The van der Waals surface area contributed by atoms with Crippen LogP contribution in [0.3, 0.4) is 0 Å². The summed E-state index contributed by atoms with van der Waals surface area (Å²) in [6.45, 7) is 4.71. The third kappa shape index (κ3) is 2.78. The van der Waals surface area contributed by atoms with Gasteiger partial charge in [0.15, 0.2) is 0 Å². The van der Waals surface area contributed by atoms with E-state index in [0.29, 0.717) is 0 Å². The summed E-state index contributed by atoms with van der Waals surface area (Å²) >= 11 is 3.83. The van der Waals surface area contributed by atoms with Crippen molar-refractivity contribution in [3.8, 4) is 16.8 Å². The SMILES string of the molecule is CC1(C)c2ccccc2-c2cc(-n3c4ccc5c6ccccc6sc5c4c4c5c(ccc43)sc3ccccc35)ccc21. The Morgan fingerprint density at radius 1 is 0.500 bits per heavy atom. The second-order valence-corrected chi connectivity index (χ2v) is 14.2. The van der Waals surface area contributed by atoms with E-state index in [9.17, 15) is 0 Å². The van der Waals surface area contributed by atoms with Crippen LogP contribution < -0.4 is 0 Å². The zero-order valence-electron chi connectivity index (χ0n) is 23.2. The Hall–Kier alpha value is -4.44. The minimum Gasteiger partial charge on any atom is -0.309 e. The second-order valence-electron chi connectivity index (χ2n) is 12.1. The lowest BCUT2D eigenvalue weighted by Gasteiger charge is -2.21. The lowest BCUT2D eigenvalue weighted by Crippen LogP contribution is -2.14. The van der Waals surface area contributed by atoms with Gasteiger partial charge in [-0.05, 0) is 64.7 Å². The standard InChI is InChI=1S/C39H25NS2/c1-39(2)28-12-6-3-9-23(28)27-21-22(15-17-29(27)39)40-30-19-20-34-35(26-11-5-8-14-33(26)41-34)36(30)37-31(40)18-16-25-24-10-4-7-13-32(24)42-38(25)37/h3-21H,1-2H3. The highest BCUT2D eigenvalue weighted by atomic mass is 32.1. The molecule has 3 aromatic heterocycles. The van der Waals surface area contributed by atoms with Crippen LogP contribution in [-0.2, 0) is 5.41 Å². The van der Waals surface area contributed by atoms with Crippen LogP contribution in [0, 0.1) is 0 Å². The summed E-state index contributed by atoms with van der Waals surface area (Å²) in [7, 11) is 0. The summed E-state index contributed by atoms with van der Waals surface area (Å²) in [5.74, 6) is 0. The molecular weight excluding hydrogens is 547 g/mol. The van der Waals surface area contributed by atoms with Gasteiger partial charge in [0.25, 0.3) is 0 Å². The fourth-order valence-electron chi connectivity index (χ4n) is 7.71. The normalized spacial score (nSPS) is 14.1. The highest BCUT2D eigenvalue weighted by Crippen LogP contribution is 2.51. The summed E-state index contributed by atoms with van der Waals surface area (Å²) in [4.78, 5) is 0. The largest absolute Gasteiger partial charge is 0.309 e. The van der Waals surface area contributed by atoms with Crippen LogP contribution in [0.4, 0.5) is 0 Å². The van der Waals surface area contributed by atoms with Crippen molar-refractivity contribution in [2.45, 2.75) is 19.3 Å². The molecule has 1 aliphatic rings. The predicted molar refractivity (Wildman–Crippen MR) is 184 cm³/mol. The number of thiophene rings is 2. The highest BCUT2D eigenvalue weighted by Gasteiger charge is 2.35. The first kappa shape index (κ1) is 23.2. The van der Waals surface area contributed by atoms with Gasteiger partial charge in [0, 0.05) is 62.2 Å². The van der Waals surface area contributed by atoms with Crippen LogP contribution in [0.25, 0.3) is 79.0 Å². The average molecular weight is 572 g/mol. The summed E-state index contributed by atoms with van der Waals surface area (Å²) < 4.78 is 7.95. The fourth-order valence-corrected chi connectivity index (χ4v) is 10.1. The highest BCUT2D eigenvalue weighted by molar-refractivity contribution is 7.27. The molecule has 3 heterocycles. The Kier molecular flexibility index (Phi) is 4.35. The van der Waals surface area contributed by atoms with Crippen molar-refractivity contribution in [3.63, 3.8) is 0 Å². The van der Waals surface area contributed by atoms with Crippen molar-refractivity contribution in [2.24, 2.45) is 0 Å². The maximum atomic E-state index is 2.52. The van der Waals surface area contributed by atoms with Gasteiger partial charge in [-0.25, -0.2) is 0 Å².